The first-order chi connectivity index (χ1) is 53.5. The highest BCUT2D eigenvalue weighted by atomic mass is 15.0. The quantitative estimate of drug-likeness (QED) is 0.129. The van der Waals surface area contributed by atoms with Gasteiger partial charge < -0.3 is 18.3 Å². The van der Waals surface area contributed by atoms with Gasteiger partial charge in [-0.1, -0.05) is 255 Å². The zero-order chi connectivity index (χ0) is 70.9. The Hall–Kier alpha value is -14.6. The molecule has 22 rings (SSSR count). The van der Waals surface area contributed by atoms with E-state index in [0.717, 1.165) is 161 Å². The Kier molecular flexibility index (Phi) is 13.8. The lowest BCUT2D eigenvalue weighted by Crippen LogP contribution is -2.00. The van der Waals surface area contributed by atoms with Crippen molar-refractivity contribution in [3.63, 3.8) is 0 Å². The minimum atomic E-state index is 0.651. The summed E-state index contributed by atoms with van der Waals surface area (Å²) in [5, 5.41) is 11.4. The number of hydrogen-bond donors (Lipinski definition) is 0. The van der Waals surface area contributed by atoms with Crippen LogP contribution >= 0.6 is 0 Å². The number of fused-ring (bicyclic) bond motifs is 14. The minimum Gasteiger partial charge on any atom is -0.309 e. The van der Waals surface area contributed by atoms with Crippen LogP contribution in [-0.4, -0.2) is 38.2 Å². The molecule has 0 saturated carbocycles. The first-order valence-electron chi connectivity index (χ1n) is 36.8. The molecule has 6 heterocycles. The Morgan fingerprint density at radius 2 is 0.519 bits per heavy atom. The highest BCUT2D eigenvalue weighted by Crippen LogP contribution is 2.46. The average Bonchev–Trinajstić information content (AvgIpc) is 1.55. The standard InChI is InChI=1S/C100H62N8/c1-6-26-65(27-7-1)75-52-51-73(58-86(75)100-102-88-42-22-17-40-80(88)98(104-100)67-30-10-3-11-31-67)107-92-53-50-68(57-81(92)85-62-94-83(61-96(85)107)77-37-19-24-44-90(77)106(94)72-34-14-5-15-35-72)63-46-48-64(49-47-63)69-54-70(99-101-87-41-21-16-39-79(87)97(103-99)66-28-8-2-9-29-66)56-74(55-69)108-91-45-25-20-38-78(91)84-59-93-82(60-95(84)108)76-36-18-23-43-89(76)105(93)71-32-12-4-13-33-71/h1-62H. The van der Waals surface area contributed by atoms with Gasteiger partial charge in [-0.05, 0) is 155 Å². The second-order valence-electron chi connectivity index (χ2n) is 28.1. The van der Waals surface area contributed by atoms with Crippen LogP contribution < -0.4 is 0 Å². The number of hydrogen-bond acceptors (Lipinski definition) is 4. The molecule has 0 aliphatic carbocycles. The van der Waals surface area contributed by atoms with E-state index in [9.17, 15) is 0 Å². The third-order valence-electron chi connectivity index (χ3n) is 21.9. The summed E-state index contributed by atoms with van der Waals surface area (Å²) < 4.78 is 9.74. The average molecular weight is 1380 g/mol. The third-order valence-corrected chi connectivity index (χ3v) is 21.9. The normalized spacial score (nSPS) is 11.9. The largest absolute Gasteiger partial charge is 0.309 e. The van der Waals surface area contributed by atoms with Crippen molar-refractivity contribution in [1.29, 1.82) is 0 Å². The highest BCUT2D eigenvalue weighted by molar-refractivity contribution is 6.21. The van der Waals surface area contributed by atoms with Crippen molar-refractivity contribution in [1.82, 2.24) is 38.2 Å². The maximum absolute atomic E-state index is 5.53. The van der Waals surface area contributed by atoms with Gasteiger partial charge in [0, 0.05) is 98.9 Å². The lowest BCUT2D eigenvalue weighted by Gasteiger charge is -2.16. The number of rotatable bonds is 11. The van der Waals surface area contributed by atoms with Gasteiger partial charge in [-0.2, -0.15) is 0 Å². The molecule has 0 atom stereocenters. The zero-order valence-electron chi connectivity index (χ0n) is 58.4. The predicted molar refractivity (Wildman–Crippen MR) is 448 cm³/mol. The van der Waals surface area contributed by atoms with Crippen LogP contribution in [0.3, 0.4) is 0 Å². The summed E-state index contributed by atoms with van der Waals surface area (Å²) in [7, 11) is 0. The Morgan fingerprint density at radius 3 is 1.03 bits per heavy atom. The van der Waals surface area contributed by atoms with Crippen molar-refractivity contribution in [3.8, 4) is 101 Å². The molecule has 502 valence electrons. The fourth-order valence-electron chi connectivity index (χ4n) is 17.0. The highest BCUT2D eigenvalue weighted by Gasteiger charge is 2.25. The van der Waals surface area contributed by atoms with E-state index < -0.39 is 0 Å². The van der Waals surface area contributed by atoms with Crippen molar-refractivity contribution in [2.24, 2.45) is 0 Å². The Bertz CT molecular complexity index is 7380. The molecule has 0 aliphatic rings. The van der Waals surface area contributed by atoms with Gasteiger partial charge in [0.05, 0.1) is 66.6 Å². The third kappa shape index (κ3) is 9.78. The molecule has 8 heteroatoms. The van der Waals surface area contributed by atoms with Crippen LogP contribution in [0.1, 0.15) is 0 Å². The molecule has 0 radical (unpaired) electrons. The van der Waals surface area contributed by atoms with Crippen molar-refractivity contribution in [2.75, 3.05) is 0 Å². The van der Waals surface area contributed by atoms with Gasteiger partial charge in [-0.25, -0.2) is 19.9 Å². The first-order valence-corrected chi connectivity index (χ1v) is 36.8. The smallest absolute Gasteiger partial charge is 0.161 e. The molecule has 0 unspecified atom stereocenters. The van der Waals surface area contributed by atoms with Gasteiger partial charge >= 0.3 is 0 Å². The van der Waals surface area contributed by atoms with Gasteiger partial charge in [0.1, 0.15) is 0 Å². The van der Waals surface area contributed by atoms with Gasteiger partial charge in [0.2, 0.25) is 0 Å². The molecular formula is C100H62N8. The Labute approximate surface area is 620 Å². The summed E-state index contributed by atoms with van der Waals surface area (Å²) in [5.41, 5.74) is 27.2. The van der Waals surface area contributed by atoms with E-state index >= 15 is 0 Å². The Morgan fingerprint density at radius 1 is 0.157 bits per heavy atom. The van der Waals surface area contributed by atoms with E-state index in [1.165, 1.54) is 37.8 Å². The molecule has 0 N–H and O–H groups in total. The molecule has 108 heavy (non-hydrogen) atoms. The van der Waals surface area contributed by atoms with Crippen molar-refractivity contribution < 1.29 is 0 Å². The fourth-order valence-corrected chi connectivity index (χ4v) is 17.0. The number of nitrogens with zero attached hydrogens (tertiary/aromatic N) is 8. The molecule has 0 saturated heterocycles. The molecule has 22 aromatic rings. The molecule has 8 nitrogen and oxygen atoms in total. The van der Waals surface area contributed by atoms with Crippen molar-refractivity contribution in [3.05, 3.63) is 376 Å². The van der Waals surface area contributed by atoms with Crippen LogP contribution in [0.5, 0.6) is 0 Å². The second-order valence-corrected chi connectivity index (χ2v) is 28.1. The summed E-state index contributed by atoms with van der Waals surface area (Å²) in [6, 6.07) is 136. The molecule has 0 aliphatic heterocycles. The molecule has 0 amide bonds. The lowest BCUT2D eigenvalue weighted by molar-refractivity contribution is 1.17. The fraction of sp³-hybridized carbons (Fsp3) is 0. The molecule has 0 spiro atoms. The minimum absolute atomic E-state index is 0.651. The van der Waals surface area contributed by atoms with E-state index in [0.29, 0.717) is 11.6 Å². The predicted octanol–water partition coefficient (Wildman–Crippen LogP) is 25.6. The van der Waals surface area contributed by atoms with E-state index in [2.05, 4.69) is 394 Å². The monoisotopic (exact) mass is 1370 g/mol. The van der Waals surface area contributed by atoms with E-state index in [1.807, 2.05) is 0 Å². The van der Waals surface area contributed by atoms with Crippen LogP contribution in [0.4, 0.5) is 0 Å². The summed E-state index contributed by atoms with van der Waals surface area (Å²) in [5.74, 6) is 1.31. The summed E-state index contributed by atoms with van der Waals surface area (Å²) in [6.07, 6.45) is 0. The van der Waals surface area contributed by atoms with Gasteiger partial charge in [0.15, 0.2) is 11.6 Å². The van der Waals surface area contributed by atoms with Crippen molar-refractivity contribution >= 4 is 109 Å². The van der Waals surface area contributed by atoms with Gasteiger partial charge in [-0.15, -0.1) is 0 Å². The SMILES string of the molecule is c1ccc(-c2ccc(-n3c4ccc(-c5ccc(-c6cc(-c7nc(-c8ccccc8)c8ccccc8n7)cc(-n7c8ccccc8c8cc9c(cc87)c7ccccc7n9-c7ccccc7)c6)cc5)cc4c4cc5c(cc43)c3ccccc3n5-c3ccccc3)cc2-c2nc(-c3ccccc3)c3ccccc3n2)cc1. The van der Waals surface area contributed by atoms with E-state index in [1.54, 1.807) is 0 Å². The summed E-state index contributed by atoms with van der Waals surface area (Å²) in [6.45, 7) is 0. The summed E-state index contributed by atoms with van der Waals surface area (Å²) >= 11 is 0. The van der Waals surface area contributed by atoms with Crippen LogP contribution in [0.25, 0.3) is 210 Å². The van der Waals surface area contributed by atoms with Gasteiger partial charge in [-0.3, -0.25) is 0 Å². The first kappa shape index (κ1) is 60.9. The topological polar surface area (TPSA) is 71.3 Å². The second kappa shape index (κ2) is 24.5. The Balaban J connectivity index is 0.740. The maximum atomic E-state index is 5.53. The maximum Gasteiger partial charge on any atom is 0.161 e. The number of benzene rings is 16. The van der Waals surface area contributed by atoms with Crippen LogP contribution in [0, 0.1) is 0 Å². The molecule has 0 fully saturated rings. The van der Waals surface area contributed by atoms with Crippen LogP contribution in [0.2, 0.25) is 0 Å². The summed E-state index contributed by atoms with van der Waals surface area (Å²) in [4.78, 5) is 21.9. The molecule has 0 bridgehead atoms. The molecular weight excluding hydrogens is 1310 g/mol. The van der Waals surface area contributed by atoms with Gasteiger partial charge in [0.25, 0.3) is 0 Å². The number of para-hydroxylation sites is 7. The van der Waals surface area contributed by atoms with Crippen LogP contribution in [-0.2, 0) is 0 Å². The zero-order valence-corrected chi connectivity index (χ0v) is 58.4. The lowest BCUT2D eigenvalue weighted by atomic mass is 9.97. The van der Waals surface area contributed by atoms with E-state index in [4.69, 9.17) is 19.9 Å². The molecule has 16 aromatic carbocycles. The van der Waals surface area contributed by atoms with E-state index in [-0.39, 0.29) is 0 Å². The molecule has 6 aromatic heterocycles. The number of aromatic nitrogens is 8. The van der Waals surface area contributed by atoms with Crippen LogP contribution in [0.15, 0.2) is 376 Å². The van der Waals surface area contributed by atoms with Crippen molar-refractivity contribution in [2.45, 2.75) is 0 Å².